The molecule has 1 aromatic heterocycles. The van der Waals surface area contributed by atoms with Gasteiger partial charge in [0.1, 0.15) is 13.2 Å². The Balaban J connectivity index is 1.30. The van der Waals surface area contributed by atoms with Crippen LogP contribution in [0.25, 0.3) is 5.69 Å². The highest BCUT2D eigenvalue weighted by atomic mass is 35.5. The molecule has 0 aliphatic carbocycles. The van der Waals surface area contributed by atoms with Gasteiger partial charge in [-0.05, 0) is 41.8 Å². The number of fused-ring (bicyclic) bond motifs is 1. The lowest BCUT2D eigenvalue weighted by molar-refractivity contribution is -0.120. The zero-order valence-electron chi connectivity index (χ0n) is 15.2. The molecule has 0 bridgehead atoms. The van der Waals surface area contributed by atoms with Crippen LogP contribution in [0.3, 0.4) is 0 Å². The number of nitrogens with one attached hydrogen (secondary N) is 1. The van der Waals surface area contributed by atoms with Crippen LogP contribution in [0.5, 0.6) is 11.5 Å². The SMILES string of the molecule is O=C(Cc1cnn(-c2ccccc2)c1)NCCc1cc(Cl)c2c(c1)OCCO2. The number of hydrogen-bond donors (Lipinski definition) is 1. The third-order valence-corrected chi connectivity index (χ3v) is 4.69. The molecule has 3 aromatic rings. The first-order valence-electron chi connectivity index (χ1n) is 9.13. The summed E-state index contributed by atoms with van der Waals surface area (Å²) in [4.78, 5) is 12.2. The molecule has 28 heavy (non-hydrogen) atoms. The Morgan fingerprint density at radius 2 is 1.96 bits per heavy atom. The fourth-order valence-electron chi connectivity index (χ4n) is 3.08. The van der Waals surface area contributed by atoms with Crippen molar-refractivity contribution in [3.8, 4) is 17.2 Å². The Hall–Kier alpha value is -2.99. The number of carbonyl (C=O) groups is 1. The van der Waals surface area contributed by atoms with E-state index < -0.39 is 0 Å². The smallest absolute Gasteiger partial charge is 0.224 e. The first-order valence-corrected chi connectivity index (χ1v) is 9.50. The molecule has 7 heteroatoms. The normalized spacial score (nSPS) is 12.6. The van der Waals surface area contributed by atoms with E-state index in [0.29, 0.717) is 42.7 Å². The summed E-state index contributed by atoms with van der Waals surface area (Å²) in [6.45, 7) is 1.53. The van der Waals surface area contributed by atoms with Gasteiger partial charge in [0.15, 0.2) is 11.5 Å². The van der Waals surface area contributed by atoms with E-state index >= 15 is 0 Å². The average Bonchev–Trinajstić information content (AvgIpc) is 3.17. The first-order chi connectivity index (χ1) is 13.7. The number of hydrogen-bond acceptors (Lipinski definition) is 4. The van der Waals surface area contributed by atoms with E-state index in [-0.39, 0.29) is 12.3 Å². The van der Waals surface area contributed by atoms with Crippen molar-refractivity contribution in [2.75, 3.05) is 19.8 Å². The molecular formula is C21H20ClN3O3. The highest BCUT2D eigenvalue weighted by Gasteiger charge is 2.16. The molecule has 1 N–H and O–H groups in total. The summed E-state index contributed by atoms with van der Waals surface area (Å²) in [5, 5.41) is 7.79. The third-order valence-electron chi connectivity index (χ3n) is 4.41. The van der Waals surface area contributed by atoms with Crippen LogP contribution in [-0.2, 0) is 17.6 Å². The van der Waals surface area contributed by atoms with Crippen molar-refractivity contribution in [1.29, 1.82) is 0 Å². The summed E-state index contributed by atoms with van der Waals surface area (Å²) in [6, 6.07) is 13.6. The molecule has 1 aliphatic heterocycles. The number of carbonyl (C=O) groups excluding carboxylic acids is 1. The molecule has 0 spiro atoms. The molecular weight excluding hydrogens is 378 g/mol. The highest BCUT2D eigenvalue weighted by molar-refractivity contribution is 6.32. The number of ether oxygens (including phenoxy) is 2. The quantitative estimate of drug-likeness (QED) is 0.693. The van der Waals surface area contributed by atoms with Gasteiger partial charge in [0.2, 0.25) is 5.91 Å². The number of halogens is 1. The summed E-state index contributed by atoms with van der Waals surface area (Å²) in [5.41, 5.74) is 2.82. The molecule has 0 radical (unpaired) electrons. The molecule has 2 aromatic carbocycles. The van der Waals surface area contributed by atoms with Gasteiger partial charge in [0, 0.05) is 12.7 Å². The molecule has 6 nitrogen and oxygen atoms in total. The molecule has 0 saturated carbocycles. The van der Waals surface area contributed by atoms with Crippen LogP contribution in [0.15, 0.2) is 54.9 Å². The van der Waals surface area contributed by atoms with Crippen LogP contribution in [0.4, 0.5) is 0 Å². The van der Waals surface area contributed by atoms with E-state index in [2.05, 4.69) is 10.4 Å². The lowest BCUT2D eigenvalue weighted by atomic mass is 10.1. The summed E-state index contributed by atoms with van der Waals surface area (Å²) in [7, 11) is 0. The van der Waals surface area contributed by atoms with Crippen LogP contribution in [-0.4, -0.2) is 35.4 Å². The largest absolute Gasteiger partial charge is 0.486 e. The predicted octanol–water partition coefficient (Wildman–Crippen LogP) is 3.20. The van der Waals surface area contributed by atoms with E-state index in [1.807, 2.05) is 48.7 Å². The molecule has 0 saturated heterocycles. The Morgan fingerprint density at radius 3 is 2.82 bits per heavy atom. The number of aromatic nitrogens is 2. The van der Waals surface area contributed by atoms with Crippen molar-refractivity contribution in [3.63, 3.8) is 0 Å². The molecule has 4 rings (SSSR count). The van der Waals surface area contributed by atoms with Crippen LogP contribution in [0.2, 0.25) is 5.02 Å². The highest BCUT2D eigenvalue weighted by Crippen LogP contribution is 2.38. The van der Waals surface area contributed by atoms with E-state index in [1.54, 1.807) is 10.9 Å². The fraction of sp³-hybridized carbons (Fsp3) is 0.238. The number of amides is 1. The topological polar surface area (TPSA) is 65.4 Å². The number of nitrogens with zero attached hydrogens (tertiary/aromatic N) is 2. The van der Waals surface area contributed by atoms with Gasteiger partial charge in [-0.15, -0.1) is 0 Å². The maximum absolute atomic E-state index is 12.2. The molecule has 0 unspecified atom stereocenters. The first kappa shape index (κ1) is 18.4. The van der Waals surface area contributed by atoms with Gasteiger partial charge in [-0.25, -0.2) is 4.68 Å². The van der Waals surface area contributed by atoms with Crippen molar-refractivity contribution in [3.05, 3.63) is 71.0 Å². The fourth-order valence-corrected chi connectivity index (χ4v) is 3.36. The Bertz CT molecular complexity index is 972. The minimum atomic E-state index is -0.0451. The lowest BCUT2D eigenvalue weighted by Gasteiger charge is -2.20. The van der Waals surface area contributed by atoms with E-state index in [4.69, 9.17) is 21.1 Å². The molecule has 144 valence electrons. The zero-order chi connectivity index (χ0) is 19.3. The van der Waals surface area contributed by atoms with Crippen LogP contribution in [0, 0.1) is 0 Å². The van der Waals surface area contributed by atoms with E-state index in [1.165, 1.54) is 0 Å². The van der Waals surface area contributed by atoms with E-state index in [9.17, 15) is 4.79 Å². The summed E-state index contributed by atoms with van der Waals surface area (Å²) >= 11 is 6.25. The predicted molar refractivity (Wildman–Crippen MR) is 106 cm³/mol. The summed E-state index contributed by atoms with van der Waals surface area (Å²) in [6.07, 6.45) is 4.53. The van der Waals surface area contributed by atoms with Crippen molar-refractivity contribution in [2.45, 2.75) is 12.8 Å². The molecule has 2 heterocycles. The number of benzene rings is 2. The van der Waals surface area contributed by atoms with Crippen molar-refractivity contribution >= 4 is 17.5 Å². The maximum atomic E-state index is 12.2. The van der Waals surface area contributed by atoms with Gasteiger partial charge in [0.05, 0.1) is 23.3 Å². The second-order valence-corrected chi connectivity index (χ2v) is 6.91. The summed E-state index contributed by atoms with van der Waals surface area (Å²) < 4.78 is 12.9. The average molecular weight is 398 g/mol. The molecule has 0 fully saturated rings. The minimum Gasteiger partial charge on any atom is -0.486 e. The molecule has 1 amide bonds. The van der Waals surface area contributed by atoms with Crippen molar-refractivity contribution < 1.29 is 14.3 Å². The Labute approximate surface area is 168 Å². The van der Waals surface area contributed by atoms with Gasteiger partial charge in [-0.1, -0.05) is 29.8 Å². The van der Waals surface area contributed by atoms with Crippen LogP contribution in [0.1, 0.15) is 11.1 Å². The Kier molecular flexibility index (Phi) is 5.48. The molecule has 1 aliphatic rings. The van der Waals surface area contributed by atoms with E-state index in [0.717, 1.165) is 16.8 Å². The van der Waals surface area contributed by atoms with Gasteiger partial charge in [0.25, 0.3) is 0 Å². The monoisotopic (exact) mass is 397 g/mol. The second-order valence-electron chi connectivity index (χ2n) is 6.51. The maximum Gasteiger partial charge on any atom is 0.224 e. The van der Waals surface area contributed by atoms with Crippen LogP contribution >= 0.6 is 11.6 Å². The zero-order valence-corrected chi connectivity index (χ0v) is 16.0. The lowest BCUT2D eigenvalue weighted by Crippen LogP contribution is -2.27. The van der Waals surface area contributed by atoms with Gasteiger partial charge < -0.3 is 14.8 Å². The molecule has 0 atom stereocenters. The van der Waals surface area contributed by atoms with Gasteiger partial charge in [-0.2, -0.15) is 5.10 Å². The van der Waals surface area contributed by atoms with Gasteiger partial charge >= 0.3 is 0 Å². The Morgan fingerprint density at radius 1 is 1.14 bits per heavy atom. The van der Waals surface area contributed by atoms with Gasteiger partial charge in [-0.3, -0.25) is 4.79 Å². The minimum absolute atomic E-state index is 0.0451. The second kappa shape index (κ2) is 8.35. The third kappa shape index (κ3) is 4.28. The standard InChI is InChI=1S/C21H20ClN3O3/c22-18-10-15(11-19-21(18)28-9-8-27-19)6-7-23-20(26)12-16-13-24-25(14-16)17-4-2-1-3-5-17/h1-5,10-11,13-14H,6-9,12H2,(H,23,26). The summed E-state index contributed by atoms with van der Waals surface area (Å²) in [5.74, 6) is 1.21. The van der Waals surface area contributed by atoms with Crippen molar-refractivity contribution in [2.24, 2.45) is 0 Å². The number of para-hydroxylation sites is 1. The van der Waals surface area contributed by atoms with Crippen molar-refractivity contribution in [1.82, 2.24) is 15.1 Å². The number of rotatable bonds is 6. The van der Waals surface area contributed by atoms with Crippen LogP contribution < -0.4 is 14.8 Å².